The zero-order chi connectivity index (χ0) is 11.6. The Bertz CT molecular complexity index is 264. The van der Waals surface area contributed by atoms with E-state index in [4.69, 9.17) is 5.11 Å². The first kappa shape index (κ1) is 11.9. The Kier molecular flexibility index (Phi) is 3.50. The quantitative estimate of drug-likeness (QED) is 0.751. The Morgan fingerprint density at radius 3 is 2.75 bits per heavy atom. The average molecular weight is 226 g/mol. The van der Waals surface area contributed by atoms with Gasteiger partial charge in [0.25, 0.3) is 0 Å². The van der Waals surface area contributed by atoms with Crippen LogP contribution in [-0.2, 0) is 4.79 Å². The molecule has 2 aliphatic heterocycles. The molecule has 4 heteroatoms. The van der Waals surface area contributed by atoms with E-state index in [2.05, 4.69) is 17.1 Å². The lowest BCUT2D eigenvalue weighted by molar-refractivity contribution is -0.141. The molecule has 0 aromatic heterocycles. The van der Waals surface area contributed by atoms with Gasteiger partial charge in [0.1, 0.15) is 0 Å². The number of carboxylic acid groups (broad SMARTS) is 1. The number of aliphatic carboxylic acids is 1. The van der Waals surface area contributed by atoms with E-state index in [9.17, 15) is 4.79 Å². The Hall–Kier alpha value is -0.610. The molecule has 92 valence electrons. The van der Waals surface area contributed by atoms with Crippen LogP contribution in [0.1, 0.15) is 32.6 Å². The highest BCUT2D eigenvalue weighted by Crippen LogP contribution is 2.29. The maximum Gasteiger partial charge on any atom is 0.305 e. The molecule has 0 aromatic carbocycles. The lowest BCUT2D eigenvalue weighted by Gasteiger charge is -2.50. The van der Waals surface area contributed by atoms with Crippen molar-refractivity contribution in [3.8, 4) is 0 Å². The van der Waals surface area contributed by atoms with Crippen LogP contribution in [0, 0.1) is 5.92 Å². The summed E-state index contributed by atoms with van der Waals surface area (Å²) >= 11 is 0. The van der Waals surface area contributed by atoms with Crippen molar-refractivity contribution in [2.24, 2.45) is 5.92 Å². The van der Waals surface area contributed by atoms with Gasteiger partial charge < -0.3 is 10.4 Å². The SMILES string of the molecule is CC1CCCN(C2(CC(=O)O)CNC2)CC1. The van der Waals surface area contributed by atoms with Crippen molar-refractivity contribution in [2.45, 2.75) is 38.1 Å². The Balaban J connectivity index is 2.00. The summed E-state index contributed by atoms with van der Waals surface area (Å²) in [6.07, 6.45) is 3.99. The largest absolute Gasteiger partial charge is 0.481 e. The van der Waals surface area contributed by atoms with E-state index in [0.717, 1.165) is 32.1 Å². The van der Waals surface area contributed by atoms with Crippen LogP contribution in [0.2, 0.25) is 0 Å². The molecule has 0 saturated carbocycles. The monoisotopic (exact) mass is 226 g/mol. The molecule has 0 bridgehead atoms. The molecular formula is C12H22N2O2. The Labute approximate surface area is 97.0 Å². The van der Waals surface area contributed by atoms with Crippen LogP contribution in [0.25, 0.3) is 0 Å². The number of nitrogens with one attached hydrogen (secondary N) is 1. The van der Waals surface area contributed by atoms with E-state index >= 15 is 0 Å². The van der Waals surface area contributed by atoms with Crippen LogP contribution >= 0.6 is 0 Å². The number of carbonyl (C=O) groups is 1. The minimum Gasteiger partial charge on any atom is -0.481 e. The lowest BCUT2D eigenvalue weighted by Crippen LogP contribution is -2.69. The summed E-state index contributed by atoms with van der Waals surface area (Å²) in [6, 6.07) is 0. The van der Waals surface area contributed by atoms with Gasteiger partial charge in [-0.3, -0.25) is 9.69 Å². The van der Waals surface area contributed by atoms with Crippen molar-refractivity contribution < 1.29 is 9.90 Å². The number of likely N-dealkylation sites (tertiary alicyclic amines) is 1. The van der Waals surface area contributed by atoms with E-state index in [0.29, 0.717) is 0 Å². The van der Waals surface area contributed by atoms with Gasteiger partial charge in [-0.2, -0.15) is 0 Å². The fourth-order valence-corrected chi connectivity index (χ4v) is 2.89. The normalized spacial score (nSPS) is 30.4. The number of hydrogen-bond donors (Lipinski definition) is 2. The maximum atomic E-state index is 10.9. The molecular weight excluding hydrogens is 204 g/mol. The molecule has 2 fully saturated rings. The van der Waals surface area contributed by atoms with E-state index in [1.807, 2.05) is 0 Å². The van der Waals surface area contributed by atoms with Gasteiger partial charge in [-0.15, -0.1) is 0 Å². The Morgan fingerprint density at radius 1 is 1.44 bits per heavy atom. The minimum atomic E-state index is -0.668. The summed E-state index contributed by atoms with van der Waals surface area (Å²) in [5.41, 5.74) is -0.0874. The summed E-state index contributed by atoms with van der Waals surface area (Å²) in [7, 11) is 0. The number of hydrogen-bond acceptors (Lipinski definition) is 3. The van der Waals surface area contributed by atoms with Gasteiger partial charge >= 0.3 is 5.97 Å². The molecule has 2 N–H and O–H groups in total. The highest BCUT2D eigenvalue weighted by atomic mass is 16.4. The second-order valence-electron chi connectivity index (χ2n) is 5.42. The van der Waals surface area contributed by atoms with Crippen molar-refractivity contribution in [1.82, 2.24) is 10.2 Å². The van der Waals surface area contributed by atoms with Gasteiger partial charge in [-0.05, 0) is 38.3 Å². The molecule has 0 radical (unpaired) electrons. The van der Waals surface area contributed by atoms with Crippen LogP contribution < -0.4 is 5.32 Å². The molecule has 0 amide bonds. The molecule has 1 atom stereocenters. The van der Waals surface area contributed by atoms with Crippen LogP contribution in [-0.4, -0.2) is 47.7 Å². The first-order valence-corrected chi connectivity index (χ1v) is 6.30. The predicted molar refractivity (Wildman–Crippen MR) is 62.4 cm³/mol. The summed E-state index contributed by atoms with van der Waals surface area (Å²) in [5.74, 6) is 0.124. The molecule has 2 heterocycles. The lowest BCUT2D eigenvalue weighted by atomic mass is 9.86. The van der Waals surface area contributed by atoms with Gasteiger partial charge in [0.15, 0.2) is 0 Å². The summed E-state index contributed by atoms with van der Waals surface area (Å²) in [5, 5.41) is 12.2. The maximum absolute atomic E-state index is 10.9. The summed E-state index contributed by atoms with van der Waals surface area (Å²) in [6.45, 7) is 6.11. The first-order chi connectivity index (χ1) is 7.62. The van der Waals surface area contributed by atoms with E-state index in [1.54, 1.807) is 0 Å². The fourth-order valence-electron chi connectivity index (χ4n) is 2.89. The molecule has 1 unspecified atom stereocenters. The minimum absolute atomic E-state index is 0.0874. The van der Waals surface area contributed by atoms with Gasteiger partial charge in [0, 0.05) is 13.1 Å². The average Bonchev–Trinajstić information content (AvgIpc) is 2.37. The molecule has 0 aliphatic carbocycles. The molecule has 0 aromatic rings. The van der Waals surface area contributed by atoms with Crippen molar-refractivity contribution in [3.05, 3.63) is 0 Å². The van der Waals surface area contributed by atoms with E-state index in [-0.39, 0.29) is 12.0 Å². The van der Waals surface area contributed by atoms with Crippen molar-refractivity contribution in [1.29, 1.82) is 0 Å². The molecule has 2 rings (SSSR count). The fraction of sp³-hybridized carbons (Fsp3) is 0.917. The molecule has 0 spiro atoms. The summed E-state index contributed by atoms with van der Waals surface area (Å²) < 4.78 is 0. The molecule has 2 aliphatic rings. The third-order valence-electron chi connectivity index (χ3n) is 4.08. The highest BCUT2D eigenvalue weighted by molar-refractivity contribution is 5.68. The Morgan fingerprint density at radius 2 is 2.19 bits per heavy atom. The van der Waals surface area contributed by atoms with Gasteiger partial charge in [-0.1, -0.05) is 6.92 Å². The smallest absolute Gasteiger partial charge is 0.305 e. The van der Waals surface area contributed by atoms with Gasteiger partial charge in [0.2, 0.25) is 0 Å². The van der Waals surface area contributed by atoms with Crippen LogP contribution in [0.15, 0.2) is 0 Å². The second kappa shape index (κ2) is 4.72. The van der Waals surface area contributed by atoms with Crippen molar-refractivity contribution >= 4 is 5.97 Å². The highest BCUT2D eigenvalue weighted by Gasteiger charge is 2.44. The van der Waals surface area contributed by atoms with Gasteiger partial charge in [0.05, 0.1) is 12.0 Å². The predicted octanol–water partition coefficient (Wildman–Crippen LogP) is 0.925. The molecule has 2 saturated heterocycles. The molecule has 4 nitrogen and oxygen atoms in total. The topological polar surface area (TPSA) is 52.6 Å². The van der Waals surface area contributed by atoms with Crippen LogP contribution in [0.4, 0.5) is 0 Å². The third kappa shape index (κ3) is 2.38. The zero-order valence-electron chi connectivity index (χ0n) is 10.0. The van der Waals surface area contributed by atoms with E-state index in [1.165, 1.54) is 19.3 Å². The number of carboxylic acids is 1. The molecule has 16 heavy (non-hydrogen) atoms. The van der Waals surface area contributed by atoms with Crippen LogP contribution in [0.3, 0.4) is 0 Å². The van der Waals surface area contributed by atoms with Crippen LogP contribution in [0.5, 0.6) is 0 Å². The van der Waals surface area contributed by atoms with Crippen molar-refractivity contribution in [2.75, 3.05) is 26.2 Å². The third-order valence-corrected chi connectivity index (χ3v) is 4.08. The number of nitrogens with zero attached hydrogens (tertiary/aromatic N) is 1. The summed E-state index contributed by atoms with van der Waals surface area (Å²) in [4.78, 5) is 13.4. The second-order valence-corrected chi connectivity index (χ2v) is 5.42. The van der Waals surface area contributed by atoms with Crippen molar-refractivity contribution in [3.63, 3.8) is 0 Å². The van der Waals surface area contributed by atoms with Gasteiger partial charge in [-0.25, -0.2) is 0 Å². The number of rotatable bonds is 3. The van der Waals surface area contributed by atoms with E-state index < -0.39 is 5.97 Å². The zero-order valence-corrected chi connectivity index (χ0v) is 10.0. The standard InChI is InChI=1S/C12H22N2O2/c1-10-3-2-5-14(6-4-10)12(7-11(15)16)8-13-9-12/h10,13H,2-9H2,1H3,(H,15,16). The first-order valence-electron chi connectivity index (χ1n) is 6.30.